The number of benzene rings is 1. The van der Waals surface area contributed by atoms with Crippen LogP contribution in [0.3, 0.4) is 0 Å². The normalized spacial score (nSPS) is 14.0. The minimum Gasteiger partial charge on any atom is -0.462 e. The first-order chi connectivity index (χ1) is 9.11. The lowest BCUT2D eigenvalue weighted by Crippen LogP contribution is -2.06. The zero-order chi connectivity index (χ0) is 13.8. The summed E-state index contributed by atoms with van der Waals surface area (Å²) in [4.78, 5) is 11.6. The zero-order valence-corrected chi connectivity index (χ0v) is 11.7. The fourth-order valence-corrected chi connectivity index (χ4v) is 2.36. The van der Waals surface area contributed by atoms with Crippen LogP contribution in [0.4, 0.5) is 0 Å². The molecule has 0 fully saturated rings. The summed E-state index contributed by atoms with van der Waals surface area (Å²) in [6.45, 7) is 8.26. The molecule has 0 heterocycles. The van der Waals surface area contributed by atoms with Gasteiger partial charge in [-0.15, -0.1) is 0 Å². The van der Waals surface area contributed by atoms with Crippen molar-refractivity contribution in [3.05, 3.63) is 53.1 Å². The Morgan fingerprint density at radius 2 is 1.95 bits per heavy atom. The van der Waals surface area contributed by atoms with Gasteiger partial charge in [-0.3, -0.25) is 0 Å². The first kappa shape index (κ1) is 13.6. The molecule has 2 rings (SSSR count). The van der Waals surface area contributed by atoms with Crippen LogP contribution in [-0.2, 0) is 4.74 Å². The molecule has 0 aliphatic heterocycles. The summed E-state index contributed by atoms with van der Waals surface area (Å²) < 4.78 is 4.98. The maximum absolute atomic E-state index is 11.6. The molecule has 1 aliphatic rings. The second kappa shape index (κ2) is 5.87. The molecule has 2 heteroatoms. The Labute approximate surface area is 114 Å². The van der Waals surface area contributed by atoms with Crippen molar-refractivity contribution in [1.82, 2.24) is 0 Å². The number of hydrogen-bond acceptors (Lipinski definition) is 2. The van der Waals surface area contributed by atoms with Gasteiger partial charge in [0.15, 0.2) is 0 Å². The fourth-order valence-electron chi connectivity index (χ4n) is 2.36. The van der Waals surface area contributed by atoms with Crippen LogP contribution >= 0.6 is 0 Å². The first-order valence-electron chi connectivity index (χ1n) is 6.74. The number of allylic oxidation sites excluding steroid dienone is 3. The lowest BCUT2D eigenvalue weighted by Gasteiger charge is -2.24. The summed E-state index contributed by atoms with van der Waals surface area (Å²) >= 11 is 0. The molecule has 0 saturated heterocycles. The minimum absolute atomic E-state index is 0.251. The van der Waals surface area contributed by atoms with Crippen molar-refractivity contribution in [1.29, 1.82) is 0 Å². The molecule has 1 aromatic carbocycles. The molecule has 100 valence electrons. The second-order valence-corrected chi connectivity index (χ2v) is 5.01. The second-order valence-electron chi connectivity index (χ2n) is 5.01. The van der Waals surface area contributed by atoms with E-state index >= 15 is 0 Å². The van der Waals surface area contributed by atoms with Crippen LogP contribution in [0.25, 0.3) is 5.57 Å². The summed E-state index contributed by atoms with van der Waals surface area (Å²) in [5.41, 5.74) is 5.94. The molecule has 0 aromatic heterocycles. The molecule has 2 nitrogen and oxygen atoms in total. The molecular weight excluding hydrogens is 236 g/mol. The van der Waals surface area contributed by atoms with Crippen molar-refractivity contribution in [2.75, 3.05) is 6.61 Å². The monoisotopic (exact) mass is 256 g/mol. The van der Waals surface area contributed by atoms with Crippen molar-refractivity contribution in [3.63, 3.8) is 0 Å². The van der Waals surface area contributed by atoms with Crippen molar-refractivity contribution in [2.45, 2.75) is 33.1 Å². The quantitative estimate of drug-likeness (QED) is 0.577. The Kier molecular flexibility index (Phi) is 4.20. The lowest BCUT2D eigenvalue weighted by molar-refractivity contribution is 0.0526. The third kappa shape index (κ3) is 3.14. The molecule has 0 unspecified atom stereocenters. The topological polar surface area (TPSA) is 26.3 Å². The summed E-state index contributed by atoms with van der Waals surface area (Å²) in [6, 6.07) is 7.71. The average molecular weight is 256 g/mol. The van der Waals surface area contributed by atoms with E-state index in [-0.39, 0.29) is 5.97 Å². The van der Waals surface area contributed by atoms with Gasteiger partial charge >= 0.3 is 5.97 Å². The molecule has 0 atom stereocenters. The predicted molar refractivity (Wildman–Crippen MR) is 78.0 cm³/mol. The molecule has 0 radical (unpaired) electrons. The Morgan fingerprint density at radius 3 is 2.42 bits per heavy atom. The molecular formula is C17H20O2. The number of ether oxygens (including phenoxy) is 1. The smallest absolute Gasteiger partial charge is 0.338 e. The van der Waals surface area contributed by atoms with Gasteiger partial charge in [0.1, 0.15) is 0 Å². The lowest BCUT2D eigenvalue weighted by atomic mass is 9.81. The van der Waals surface area contributed by atoms with E-state index in [9.17, 15) is 4.79 Å². The molecule has 1 aliphatic carbocycles. The maximum atomic E-state index is 11.6. The zero-order valence-electron chi connectivity index (χ0n) is 11.7. The molecule has 0 saturated carbocycles. The molecule has 0 N–H and O–H groups in total. The van der Waals surface area contributed by atoms with Gasteiger partial charge in [-0.2, -0.15) is 0 Å². The molecule has 0 amide bonds. The number of rotatable bonds is 5. The average Bonchev–Trinajstić information content (AvgIpc) is 2.36. The van der Waals surface area contributed by atoms with Crippen LogP contribution in [0.2, 0.25) is 0 Å². The predicted octanol–water partition coefficient (Wildman–Crippen LogP) is 4.38. The molecule has 19 heavy (non-hydrogen) atoms. The number of hydrogen-bond donors (Lipinski definition) is 0. The van der Waals surface area contributed by atoms with Crippen molar-refractivity contribution in [2.24, 2.45) is 0 Å². The minimum atomic E-state index is -0.251. The van der Waals surface area contributed by atoms with Crippen molar-refractivity contribution >= 4 is 11.5 Å². The highest BCUT2D eigenvalue weighted by molar-refractivity contribution is 5.90. The van der Waals surface area contributed by atoms with Crippen LogP contribution in [-0.4, -0.2) is 12.6 Å². The summed E-state index contributed by atoms with van der Waals surface area (Å²) in [5, 5.41) is 0. The fraction of sp³-hybridized carbons (Fsp3) is 0.353. The van der Waals surface area contributed by atoms with Gasteiger partial charge in [0, 0.05) is 0 Å². The standard InChI is InChI=1S/C17H20O2/c1-4-19-17(18)14-7-5-13(6-8-14)16-10-9-15(16)11-12(2)3/h5-8H,2,4,9-11H2,1,3H3. The summed E-state index contributed by atoms with van der Waals surface area (Å²) in [7, 11) is 0. The van der Waals surface area contributed by atoms with Crippen LogP contribution in [0.5, 0.6) is 0 Å². The largest absolute Gasteiger partial charge is 0.462 e. The van der Waals surface area contributed by atoms with Crippen LogP contribution < -0.4 is 0 Å². The Morgan fingerprint density at radius 1 is 1.26 bits per heavy atom. The highest BCUT2D eigenvalue weighted by atomic mass is 16.5. The Bertz CT molecular complexity index is 521. The Balaban J connectivity index is 2.15. The van der Waals surface area contributed by atoms with Gasteiger partial charge in [0.25, 0.3) is 0 Å². The third-order valence-electron chi connectivity index (χ3n) is 3.36. The van der Waals surface area contributed by atoms with Crippen molar-refractivity contribution < 1.29 is 9.53 Å². The van der Waals surface area contributed by atoms with E-state index < -0.39 is 0 Å². The van der Waals surface area contributed by atoms with Gasteiger partial charge in [-0.1, -0.05) is 29.9 Å². The van der Waals surface area contributed by atoms with Gasteiger partial charge in [0.2, 0.25) is 0 Å². The highest BCUT2D eigenvalue weighted by Crippen LogP contribution is 2.39. The van der Waals surface area contributed by atoms with E-state index in [1.807, 2.05) is 31.2 Å². The Hall–Kier alpha value is -1.83. The van der Waals surface area contributed by atoms with Crippen LogP contribution in [0, 0.1) is 0 Å². The van der Waals surface area contributed by atoms with Gasteiger partial charge in [-0.25, -0.2) is 4.79 Å². The van der Waals surface area contributed by atoms with E-state index in [0.717, 1.165) is 12.8 Å². The molecule has 1 aromatic rings. The molecule has 0 bridgehead atoms. The van der Waals surface area contributed by atoms with Gasteiger partial charge < -0.3 is 4.74 Å². The van der Waals surface area contributed by atoms with E-state index in [4.69, 9.17) is 4.74 Å². The number of esters is 1. The van der Waals surface area contributed by atoms with Gasteiger partial charge in [-0.05, 0) is 56.4 Å². The van der Waals surface area contributed by atoms with E-state index in [0.29, 0.717) is 12.2 Å². The molecule has 0 spiro atoms. The summed E-state index contributed by atoms with van der Waals surface area (Å²) in [6.07, 6.45) is 3.29. The van der Waals surface area contributed by atoms with Crippen LogP contribution in [0.1, 0.15) is 49.0 Å². The maximum Gasteiger partial charge on any atom is 0.338 e. The summed E-state index contributed by atoms with van der Waals surface area (Å²) in [5.74, 6) is -0.251. The highest BCUT2D eigenvalue weighted by Gasteiger charge is 2.18. The van der Waals surface area contributed by atoms with Crippen LogP contribution in [0.15, 0.2) is 42.0 Å². The number of carbonyl (C=O) groups excluding carboxylic acids is 1. The SMILES string of the molecule is C=C(C)CC1=C(c2ccc(C(=O)OCC)cc2)CC1. The first-order valence-corrected chi connectivity index (χ1v) is 6.74. The van der Waals surface area contributed by atoms with E-state index in [2.05, 4.69) is 13.5 Å². The van der Waals surface area contributed by atoms with Crippen molar-refractivity contribution in [3.8, 4) is 0 Å². The van der Waals surface area contributed by atoms with E-state index in [1.54, 1.807) is 0 Å². The third-order valence-corrected chi connectivity index (χ3v) is 3.36. The van der Waals surface area contributed by atoms with Gasteiger partial charge in [0.05, 0.1) is 12.2 Å². The number of carbonyl (C=O) groups is 1. The van der Waals surface area contributed by atoms with E-state index in [1.165, 1.54) is 28.7 Å².